The van der Waals surface area contributed by atoms with Gasteiger partial charge in [0.2, 0.25) is 0 Å². The van der Waals surface area contributed by atoms with Gasteiger partial charge < -0.3 is 14.6 Å². The highest BCUT2D eigenvalue weighted by molar-refractivity contribution is 5.80. The summed E-state index contributed by atoms with van der Waals surface area (Å²) in [4.78, 5) is 22.2. The SMILES string of the molecule is CCCCCOC(=O)C(C)OC(=O)C(C)O. The molecule has 94 valence electrons. The van der Waals surface area contributed by atoms with Crippen LogP contribution < -0.4 is 0 Å². The van der Waals surface area contributed by atoms with Crippen molar-refractivity contribution < 1.29 is 24.2 Å². The Hall–Kier alpha value is -1.10. The molecule has 0 saturated heterocycles. The van der Waals surface area contributed by atoms with Gasteiger partial charge in [0.1, 0.15) is 6.10 Å². The van der Waals surface area contributed by atoms with Crippen LogP contribution in [0, 0.1) is 0 Å². The summed E-state index contributed by atoms with van der Waals surface area (Å²) < 4.78 is 9.56. The Balaban J connectivity index is 3.77. The number of carbonyl (C=O) groups is 2. The minimum atomic E-state index is -1.23. The summed E-state index contributed by atoms with van der Waals surface area (Å²) in [5.74, 6) is -1.40. The number of hydrogen-bond donors (Lipinski definition) is 1. The molecule has 0 aromatic carbocycles. The molecule has 16 heavy (non-hydrogen) atoms. The molecule has 2 unspecified atom stereocenters. The third kappa shape index (κ3) is 6.40. The van der Waals surface area contributed by atoms with E-state index in [9.17, 15) is 9.59 Å². The van der Waals surface area contributed by atoms with Crippen molar-refractivity contribution in [2.45, 2.75) is 52.2 Å². The van der Waals surface area contributed by atoms with Crippen molar-refractivity contribution in [2.24, 2.45) is 0 Å². The number of carbonyl (C=O) groups excluding carboxylic acids is 2. The third-order valence-electron chi connectivity index (χ3n) is 1.96. The standard InChI is InChI=1S/C11H20O5/c1-4-5-6-7-15-11(14)9(3)16-10(13)8(2)12/h8-9,12H,4-7H2,1-3H3. The molecule has 0 rings (SSSR count). The van der Waals surface area contributed by atoms with E-state index in [1.54, 1.807) is 0 Å². The monoisotopic (exact) mass is 232 g/mol. The molecular formula is C11H20O5. The van der Waals surface area contributed by atoms with Crippen molar-refractivity contribution in [3.8, 4) is 0 Å². The van der Waals surface area contributed by atoms with Crippen LogP contribution in [-0.4, -0.2) is 35.9 Å². The predicted molar refractivity (Wildman–Crippen MR) is 57.7 cm³/mol. The van der Waals surface area contributed by atoms with E-state index in [2.05, 4.69) is 11.7 Å². The molecule has 5 nitrogen and oxygen atoms in total. The Labute approximate surface area is 95.7 Å². The summed E-state index contributed by atoms with van der Waals surface area (Å²) in [5, 5.41) is 8.87. The van der Waals surface area contributed by atoms with Gasteiger partial charge in [-0.2, -0.15) is 0 Å². The van der Waals surface area contributed by atoms with E-state index in [0.717, 1.165) is 19.3 Å². The Kier molecular flexibility index (Phi) is 7.54. The highest BCUT2D eigenvalue weighted by Crippen LogP contribution is 2.00. The maximum Gasteiger partial charge on any atom is 0.347 e. The maximum absolute atomic E-state index is 11.3. The summed E-state index contributed by atoms with van der Waals surface area (Å²) in [6.07, 6.45) is 0.650. The molecule has 0 heterocycles. The second-order valence-electron chi connectivity index (χ2n) is 3.63. The average molecular weight is 232 g/mol. The van der Waals surface area contributed by atoms with E-state index in [4.69, 9.17) is 9.84 Å². The summed E-state index contributed by atoms with van der Waals surface area (Å²) in [5.41, 5.74) is 0. The molecule has 0 aromatic heterocycles. The van der Waals surface area contributed by atoms with Crippen LogP contribution in [0.1, 0.15) is 40.0 Å². The van der Waals surface area contributed by atoms with Gasteiger partial charge in [-0.3, -0.25) is 0 Å². The van der Waals surface area contributed by atoms with Crippen LogP contribution in [0.5, 0.6) is 0 Å². The zero-order valence-electron chi connectivity index (χ0n) is 10.1. The largest absolute Gasteiger partial charge is 0.463 e. The van der Waals surface area contributed by atoms with Crippen molar-refractivity contribution in [3.63, 3.8) is 0 Å². The first-order valence-corrected chi connectivity index (χ1v) is 5.54. The van der Waals surface area contributed by atoms with Crippen LogP contribution in [0.4, 0.5) is 0 Å². The maximum atomic E-state index is 11.3. The van der Waals surface area contributed by atoms with Crippen LogP contribution in [0.2, 0.25) is 0 Å². The van der Waals surface area contributed by atoms with Gasteiger partial charge in [-0.05, 0) is 20.3 Å². The fraction of sp³-hybridized carbons (Fsp3) is 0.818. The number of ether oxygens (including phenoxy) is 2. The van der Waals surface area contributed by atoms with E-state index in [1.165, 1.54) is 13.8 Å². The molecular weight excluding hydrogens is 212 g/mol. The van der Waals surface area contributed by atoms with Gasteiger partial charge >= 0.3 is 11.9 Å². The first-order chi connectivity index (χ1) is 7.49. The van der Waals surface area contributed by atoms with Gasteiger partial charge in [0.25, 0.3) is 0 Å². The normalized spacial score (nSPS) is 14.0. The molecule has 2 atom stereocenters. The summed E-state index contributed by atoms with van der Waals surface area (Å²) in [7, 11) is 0. The molecule has 0 spiro atoms. The quantitative estimate of drug-likeness (QED) is 0.524. The van der Waals surface area contributed by atoms with Crippen LogP contribution in [0.3, 0.4) is 0 Å². The molecule has 0 aromatic rings. The minimum absolute atomic E-state index is 0.337. The molecule has 5 heteroatoms. The van der Waals surface area contributed by atoms with Crippen molar-refractivity contribution in [1.29, 1.82) is 0 Å². The van der Waals surface area contributed by atoms with Crippen molar-refractivity contribution in [3.05, 3.63) is 0 Å². The van der Waals surface area contributed by atoms with Gasteiger partial charge in [-0.25, -0.2) is 9.59 Å². The number of aliphatic hydroxyl groups excluding tert-OH is 1. The number of esters is 2. The lowest BCUT2D eigenvalue weighted by Crippen LogP contribution is -2.30. The summed E-state index contributed by atoms with van der Waals surface area (Å²) >= 11 is 0. The zero-order chi connectivity index (χ0) is 12.6. The molecule has 0 amide bonds. The minimum Gasteiger partial charge on any atom is -0.463 e. The first kappa shape index (κ1) is 14.9. The summed E-state index contributed by atoms with van der Waals surface area (Å²) in [6.45, 7) is 5.09. The Morgan fingerprint density at radius 2 is 1.81 bits per heavy atom. The first-order valence-electron chi connectivity index (χ1n) is 5.54. The number of rotatable bonds is 7. The smallest absolute Gasteiger partial charge is 0.347 e. The lowest BCUT2D eigenvalue weighted by Gasteiger charge is -2.13. The second-order valence-corrected chi connectivity index (χ2v) is 3.63. The zero-order valence-corrected chi connectivity index (χ0v) is 10.1. The summed E-state index contributed by atoms with van der Waals surface area (Å²) in [6, 6.07) is 0. The molecule has 0 aliphatic heterocycles. The van der Waals surface area contributed by atoms with Gasteiger partial charge in [0.15, 0.2) is 6.10 Å². The van der Waals surface area contributed by atoms with Crippen LogP contribution in [-0.2, 0) is 19.1 Å². The molecule has 0 aliphatic carbocycles. The molecule has 0 fully saturated rings. The highest BCUT2D eigenvalue weighted by atomic mass is 16.6. The predicted octanol–water partition coefficient (Wildman–Crippen LogP) is 1.03. The van der Waals surface area contributed by atoms with Crippen molar-refractivity contribution in [1.82, 2.24) is 0 Å². The molecule has 0 aliphatic rings. The van der Waals surface area contributed by atoms with E-state index in [0.29, 0.717) is 6.61 Å². The molecule has 0 bridgehead atoms. The van der Waals surface area contributed by atoms with Gasteiger partial charge in [-0.15, -0.1) is 0 Å². The van der Waals surface area contributed by atoms with Crippen molar-refractivity contribution >= 4 is 11.9 Å². The second kappa shape index (κ2) is 8.10. The van der Waals surface area contributed by atoms with Crippen LogP contribution in [0.15, 0.2) is 0 Å². The Bertz CT molecular complexity index is 224. The number of unbranched alkanes of at least 4 members (excludes halogenated alkanes) is 2. The van der Waals surface area contributed by atoms with Gasteiger partial charge in [0.05, 0.1) is 6.61 Å². The number of hydrogen-bond acceptors (Lipinski definition) is 5. The third-order valence-corrected chi connectivity index (χ3v) is 1.96. The van der Waals surface area contributed by atoms with E-state index in [-0.39, 0.29) is 0 Å². The highest BCUT2D eigenvalue weighted by Gasteiger charge is 2.21. The van der Waals surface area contributed by atoms with Crippen molar-refractivity contribution in [2.75, 3.05) is 6.61 Å². The average Bonchev–Trinajstić information content (AvgIpc) is 2.23. The van der Waals surface area contributed by atoms with E-state index in [1.807, 2.05) is 0 Å². The van der Waals surface area contributed by atoms with Gasteiger partial charge in [0, 0.05) is 0 Å². The molecule has 1 N–H and O–H groups in total. The van der Waals surface area contributed by atoms with Gasteiger partial charge in [-0.1, -0.05) is 19.8 Å². The fourth-order valence-electron chi connectivity index (χ4n) is 0.963. The molecule has 0 radical (unpaired) electrons. The van der Waals surface area contributed by atoms with E-state index >= 15 is 0 Å². The van der Waals surface area contributed by atoms with Crippen LogP contribution >= 0.6 is 0 Å². The van der Waals surface area contributed by atoms with Crippen LogP contribution in [0.25, 0.3) is 0 Å². The Morgan fingerprint density at radius 1 is 1.19 bits per heavy atom. The fourth-order valence-corrected chi connectivity index (χ4v) is 0.963. The van der Waals surface area contributed by atoms with E-state index < -0.39 is 24.1 Å². The lowest BCUT2D eigenvalue weighted by atomic mass is 10.3. The topological polar surface area (TPSA) is 72.8 Å². The molecule has 0 saturated carbocycles. The number of aliphatic hydroxyl groups is 1. The Morgan fingerprint density at radius 3 is 2.31 bits per heavy atom. The lowest BCUT2D eigenvalue weighted by molar-refractivity contribution is -0.171.